The van der Waals surface area contributed by atoms with Crippen LogP contribution in [0.3, 0.4) is 0 Å². The summed E-state index contributed by atoms with van der Waals surface area (Å²) in [6.07, 6.45) is 1.81. The summed E-state index contributed by atoms with van der Waals surface area (Å²) < 4.78 is 0. The van der Waals surface area contributed by atoms with Gasteiger partial charge in [-0.15, -0.1) is 0 Å². The van der Waals surface area contributed by atoms with Gasteiger partial charge in [0.2, 0.25) is 0 Å². The molecular formula is C24H27N3O3. The van der Waals surface area contributed by atoms with Gasteiger partial charge in [0.25, 0.3) is 11.8 Å². The maximum Gasteiger partial charge on any atom is 0.282 e. The first kappa shape index (κ1) is 20.2. The zero-order valence-corrected chi connectivity index (χ0v) is 17.4. The molecule has 2 aliphatic heterocycles. The van der Waals surface area contributed by atoms with E-state index in [9.17, 15) is 14.7 Å². The Labute approximate surface area is 177 Å². The van der Waals surface area contributed by atoms with Crippen LogP contribution in [0.15, 0.2) is 60.3 Å². The van der Waals surface area contributed by atoms with Crippen molar-refractivity contribution in [3.8, 4) is 0 Å². The molecule has 1 atom stereocenters. The van der Waals surface area contributed by atoms with Crippen LogP contribution in [0, 0.1) is 5.92 Å². The molecule has 1 unspecified atom stereocenters. The van der Waals surface area contributed by atoms with Crippen LogP contribution in [0.5, 0.6) is 0 Å². The predicted octanol–water partition coefficient (Wildman–Crippen LogP) is 2.74. The van der Waals surface area contributed by atoms with E-state index in [1.165, 1.54) is 4.90 Å². The Bertz CT molecular complexity index is 984. The minimum Gasteiger partial charge on any atom is -0.396 e. The van der Waals surface area contributed by atoms with Crippen LogP contribution in [0.2, 0.25) is 0 Å². The number of hydrogen-bond acceptors (Lipinski definition) is 5. The molecule has 1 fully saturated rings. The summed E-state index contributed by atoms with van der Waals surface area (Å²) in [6, 6.07) is 16.8. The van der Waals surface area contributed by atoms with E-state index in [2.05, 4.69) is 0 Å². The number of rotatable bonds is 5. The lowest BCUT2D eigenvalue weighted by Gasteiger charge is -2.34. The molecule has 0 aromatic heterocycles. The van der Waals surface area contributed by atoms with Crippen LogP contribution in [0.25, 0.3) is 5.57 Å². The van der Waals surface area contributed by atoms with Gasteiger partial charge in [0.15, 0.2) is 0 Å². The van der Waals surface area contributed by atoms with Crippen molar-refractivity contribution in [3.63, 3.8) is 0 Å². The van der Waals surface area contributed by atoms with E-state index in [1.807, 2.05) is 72.4 Å². The predicted molar refractivity (Wildman–Crippen MR) is 118 cm³/mol. The number of anilines is 2. The largest absolute Gasteiger partial charge is 0.396 e. The van der Waals surface area contributed by atoms with Gasteiger partial charge in [-0.1, -0.05) is 36.4 Å². The van der Waals surface area contributed by atoms with Crippen LogP contribution >= 0.6 is 0 Å². The molecule has 0 radical (unpaired) electrons. The molecule has 2 amide bonds. The number of hydrogen-bond donors (Lipinski definition) is 1. The number of amides is 2. The highest BCUT2D eigenvalue weighted by atomic mass is 16.3. The lowest BCUT2D eigenvalue weighted by Crippen LogP contribution is -2.40. The van der Waals surface area contributed by atoms with E-state index in [4.69, 9.17) is 0 Å². The Hall–Kier alpha value is -3.12. The van der Waals surface area contributed by atoms with Gasteiger partial charge in [0.1, 0.15) is 5.70 Å². The standard InChI is InChI=1S/C24H27N3O3/c1-25(2)19-11-6-12-20(14-19)27-23(29)21(18-9-4-3-5-10-18)22(24(27)30)26-13-7-8-17(15-26)16-28/h3-6,9-12,14,17,28H,7-8,13,15-16H2,1-2H3. The Morgan fingerprint density at radius 2 is 1.80 bits per heavy atom. The second-order valence-electron chi connectivity index (χ2n) is 8.09. The van der Waals surface area contributed by atoms with Crippen molar-refractivity contribution < 1.29 is 14.7 Å². The molecule has 30 heavy (non-hydrogen) atoms. The minimum atomic E-state index is -0.303. The van der Waals surface area contributed by atoms with Gasteiger partial charge in [0.05, 0.1) is 11.3 Å². The fraction of sp³-hybridized carbons (Fsp3) is 0.333. The number of aliphatic hydroxyl groups excluding tert-OH is 1. The fourth-order valence-corrected chi connectivity index (χ4v) is 4.24. The molecule has 6 nitrogen and oxygen atoms in total. The third kappa shape index (κ3) is 3.59. The van der Waals surface area contributed by atoms with E-state index in [0.717, 1.165) is 24.1 Å². The molecule has 0 bridgehead atoms. The third-order valence-corrected chi connectivity index (χ3v) is 5.82. The molecule has 2 aromatic rings. The lowest BCUT2D eigenvalue weighted by molar-refractivity contribution is -0.120. The summed E-state index contributed by atoms with van der Waals surface area (Å²) in [5.41, 5.74) is 3.11. The maximum atomic E-state index is 13.6. The van der Waals surface area contributed by atoms with Crippen LogP contribution < -0.4 is 9.80 Å². The fourth-order valence-electron chi connectivity index (χ4n) is 4.24. The van der Waals surface area contributed by atoms with Crippen LogP contribution in [-0.4, -0.2) is 55.6 Å². The zero-order valence-electron chi connectivity index (χ0n) is 17.4. The number of piperidine rings is 1. The van der Waals surface area contributed by atoms with Crippen molar-refractivity contribution in [1.29, 1.82) is 0 Å². The average Bonchev–Trinajstić information content (AvgIpc) is 3.04. The number of carbonyl (C=O) groups is 2. The molecule has 0 saturated carbocycles. The van der Waals surface area contributed by atoms with Crippen molar-refractivity contribution >= 4 is 28.8 Å². The molecule has 6 heteroatoms. The molecule has 0 spiro atoms. The number of imide groups is 1. The molecule has 1 N–H and O–H groups in total. The monoisotopic (exact) mass is 405 g/mol. The van der Waals surface area contributed by atoms with Crippen molar-refractivity contribution in [2.45, 2.75) is 12.8 Å². The van der Waals surface area contributed by atoms with Crippen molar-refractivity contribution in [3.05, 3.63) is 65.9 Å². The molecule has 2 aromatic carbocycles. The minimum absolute atomic E-state index is 0.0845. The molecule has 2 aliphatic rings. The normalized spacial score (nSPS) is 19.6. The first-order valence-corrected chi connectivity index (χ1v) is 10.3. The summed E-state index contributed by atoms with van der Waals surface area (Å²) in [4.78, 5) is 32.4. The first-order valence-electron chi connectivity index (χ1n) is 10.3. The Kier molecular flexibility index (Phi) is 5.59. The quantitative estimate of drug-likeness (QED) is 0.775. The Morgan fingerprint density at radius 1 is 1.03 bits per heavy atom. The van der Waals surface area contributed by atoms with Gasteiger partial charge < -0.3 is 14.9 Å². The summed E-state index contributed by atoms with van der Waals surface area (Å²) in [7, 11) is 3.85. The maximum absolute atomic E-state index is 13.6. The van der Waals surface area contributed by atoms with Crippen molar-refractivity contribution in [2.75, 3.05) is 43.6 Å². The van der Waals surface area contributed by atoms with Crippen LogP contribution in [0.1, 0.15) is 18.4 Å². The van der Waals surface area contributed by atoms with Gasteiger partial charge >= 0.3 is 0 Å². The van der Waals surface area contributed by atoms with Gasteiger partial charge in [0, 0.05) is 39.5 Å². The number of benzene rings is 2. The highest BCUT2D eigenvalue weighted by molar-refractivity contribution is 6.45. The summed E-state index contributed by atoms with van der Waals surface area (Å²) >= 11 is 0. The zero-order chi connectivity index (χ0) is 21.3. The van der Waals surface area contributed by atoms with Gasteiger partial charge in [-0.05, 0) is 42.5 Å². The molecule has 2 heterocycles. The molecule has 0 aliphatic carbocycles. The van der Waals surface area contributed by atoms with Crippen LogP contribution in [-0.2, 0) is 9.59 Å². The van der Waals surface area contributed by atoms with E-state index in [1.54, 1.807) is 6.07 Å². The SMILES string of the molecule is CN(C)c1cccc(N2C(=O)C(c3ccccc3)=C(N3CCCC(CO)C3)C2=O)c1. The number of carbonyl (C=O) groups excluding carboxylic acids is 2. The Balaban J connectivity index is 1.79. The molecular weight excluding hydrogens is 378 g/mol. The van der Waals surface area contributed by atoms with Gasteiger partial charge in [-0.2, -0.15) is 0 Å². The lowest BCUT2D eigenvalue weighted by atomic mass is 9.97. The second-order valence-corrected chi connectivity index (χ2v) is 8.09. The first-order chi connectivity index (χ1) is 14.5. The smallest absolute Gasteiger partial charge is 0.282 e. The van der Waals surface area contributed by atoms with Gasteiger partial charge in [-0.3, -0.25) is 9.59 Å². The Morgan fingerprint density at radius 3 is 2.50 bits per heavy atom. The van der Waals surface area contributed by atoms with Gasteiger partial charge in [-0.25, -0.2) is 4.90 Å². The number of aliphatic hydroxyl groups is 1. The summed E-state index contributed by atoms with van der Waals surface area (Å²) in [6.45, 7) is 1.36. The van der Waals surface area contributed by atoms with Crippen molar-refractivity contribution in [1.82, 2.24) is 4.90 Å². The van der Waals surface area contributed by atoms with E-state index < -0.39 is 0 Å². The second kappa shape index (κ2) is 8.32. The van der Waals surface area contributed by atoms with Crippen molar-refractivity contribution in [2.24, 2.45) is 5.92 Å². The van der Waals surface area contributed by atoms with E-state index in [0.29, 0.717) is 30.0 Å². The summed E-state index contributed by atoms with van der Waals surface area (Å²) in [5.74, 6) is -0.492. The van der Waals surface area contributed by atoms with E-state index in [-0.39, 0.29) is 24.3 Å². The highest BCUT2D eigenvalue weighted by Crippen LogP contribution is 2.37. The molecule has 156 valence electrons. The van der Waals surface area contributed by atoms with E-state index >= 15 is 0 Å². The van der Waals surface area contributed by atoms with Crippen LogP contribution in [0.4, 0.5) is 11.4 Å². The average molecular weight is 405 g/mol. The molecule has 1 saturated heterocycles. The highest BCUT2D eigenvalue weighted by Gasteiger charge is 2.43. The third-order valence-electron chi connectivity index (χ3n) is 5.82. The summed E-state index contributed by atoms with van der Waals surface area (Å²) in [5, 5.41) is 9.66. The molecule has 4 rings (SSSR count). The topological polar surface area (TPSA) is 64.1 Å². The number of likely N-dealkylation sites (tertiary alicyclic amines) is 1. The number of nitrogens with zero attached hydrogens (tertiary/aromatic N) is 3.